The molecular formula is C19H27N5O2. The summed E-state index contributed by atoms with van der Waals surface area (Å²) in [5.74, 6) is -0.696. The van der Waals surface area contributed by atoms with E-state index in [0.29, 0.717) is 12.3 Å². The number of carbonyl (C=O) groups is 2. The van der Waals surface area contributed by atoms with E-state index in [1.54, 1.807) is 5.01 Å². The lowest BCUT2D eigenvalue weighted by molar-refractivity contribution is -0.119. The van der Waals surface area contributed by atoms with Crippen molar-refractivity contribution in [1.29, 1.82) is 0 Å². The van der Waals surface area contributed by atoms with Gasteiger partial charge in [0.05, 0.1) is 5.69 Å². The van der Waals surface area contributed by atoms with Crippen LogP contribution in [0.2, 0.25) is 0 Å². The van der Waals surface area contributed by atoms with Crippen molar-refractivity contribution >= 4 is 23.2 Å². The average molecular weight is 357 g/mol. The van der Waals surface area contributed by atoms with Crippen LogP contribution >= 0.6 is 0 Å². The Labute approximate surface area is 154 Å². The molecule has 2 aliphatic heterocycles. The van der Waals surface area contributed by atoms with E-state index in [2.05, 4.69) is 15.3 Å². The van der Waals surface area contributed by atoms with Gasteiger partial charge >= 0.3 is 0 Å². The number of nitrogens with two attached hydrogens (primary N) is 1. The van der Waals surface area contributed by atoms with Crippen LogP contribution in [0.1, 0.15) is 32.1 Å². The van der Waals surface area contributed by atoms with Crippen LogP contribution in [-0.4, -0.2) is 54.6 Å². The summed E-state index contributed by atoms with van der Waals surface area (Å²) in [5.41, 5.74) is 6.61. The molecule has 140 valence electrons. The number of anilines is 1. The van der Waals surface area contributed by atoms with Gasteiger partial charge in [0.2, 0.25) is 5.91 Å². The molecule has 1 aromatic carbocycles. The number of nitrogens with one attached hydrogen (secondary N) is 1. The van der Waals surface area contributed by atoms with E-state index in [9.17, 15) is 9.59 Å². The Morgan fingerprint density at radius 1 is 1.15 bits per heavy atom. The molecule has 2 heterocycles. The van der Waals surface area contributed by atoms with E-state index in [1.807, 2.05) is 30.3 Å². The third kappa shape index (κ3) is 4.60. The van der Waals surface area contributed by atoms with Gasteiger partial charge in [-0.3, -0.25) is 14.6 Å². The van der Waals surface area contributed by atoms with E-state index < -0.39 is 11.9 Å². The van der Waals surface area contributed by atoms with Gasteiger partial charge in [-0.15, -0.1) is 0 Å². The van der Waals surface area contributed by atoms with Gasteiger partial charge in [0, 0.05) is 13.0 Å². The molecule has 7 heteroatoms. The van der Waals surface area contributed by atoms with E-state index in [-0.39, 0.29) is 12.3 Å². The first-order valence-electron chi connectivity index (χ1n) is 9.37. The first-order chi connectivity index (χ1) is 12.6. The summed E-state index contributed by atoms with van der Waals surface area (Å²) in [6, 6.07) is 8.69. The highest BCUT2D eigenvalue weighted by atomic mass is 16.2. The standard InChI is InChI=1S/C19H27N5O2/c20-18(25)17-14-16(22-24(17)15-8-3-1-4-9-15)19(26)21-10-7-13-23-11-5-2-6-12-23/h1,3-4,8-9,17H,2,5-7,10-14H2,(H2,20,25)(H,21,26). The quantitative estimate of drug-likeness (QED) is 0.715. The number of benzene rings is 1. The normalized spacial score (nSPS) is 20.7. The molecule has 7 nitrogen and oxygen atoms in total. The largest absolute Gasteiger partial charge is 0.368 e. The second kappa shape index (κ2) is 8.80. The fourth-order valence-corrected chi connectivity index (χ4v) is 3.48. The third-order valence-electron chi connectivity index (χ3n) is 4.91. The summed E-state index contributed by atoms with van der Waals surface area (Å²) in [5, 5.41) is 8.82. The van der Waals surface area contributed by atoms with Crippen molar-refractivity contribution in [3.63, 3.8) is 0 Å². The zero-order chi connectivity index (χ0) is 18.4. The number of hydrazone groups is 1. The molecule has 1 saturated heterocycles. The number of hydrogen-bond donors (Lipinski definition) is 2. The van der Waals surface area contributed by atoms with E-state index in [1.165, 1.54) is 19.3 Å². The fraction of sp³-hybridized carbons (Fsp3) is 0.526. The summed E-state index contributed by atoms with van der Waals surface area (Å²) >= 11 is 0. The maximum absolute atomic E-state index is 12.4. The summed E-state index contributed by atoms with van der Waals surface area (Å²) < 4.78 is 0. The van der Waals surface area contributed by atoms with Crippen LogP contribution < -0.4 is 16.1 Å². The van der Waals surface area contributed by atoms with Crippen LogP contribution in [0, 0.1) is 0 Å². The van der Waals surface area contributed by atoms with Gasteiger partial charge in [-0.1, -0.05) is 24.6 Å². The number of likely N-dealkylation sites (tertiary alicyclic amines) is 1. The average Bonchev–Trinajstić information content (AvgIpc) is 3.12. The smallest absolute Gasteiger partial charge is 0.267 e. The summed E-state index contributed by atoms with van der Waals surface area (Å²) in [6.45, 7) is 3.94. The van der Waals surface area contributed by atoms with Crippen LogP contribution in [0.3, 0.4) is 0 Å². The molecule has 0 saturated carbocycles. The number of piperidine rings is 1. The first kappa shape index (κ1) is 18.4. The topological polar surface area (TPSA) is 91.0 Å². The van der Waals surface area contributed by atoms with Crippen molar-refractivity contribution in [2.45, 2.75) is 38.1 Å². The molecule has 26 heavy (non-hydrogen) atoms. The van der Waals surface area contributed by atoms with E-state index in [0.717, 1.165) is 31.7 Å². The predicted molar refractivity (Wildman–Crippen MR) is 102 cm³/mol. The molecule has 0 aromatic heterocycles. The van der Waals surface area contributed by atoms with Crippen molar-refractivity contribution in [1.82, 2.24) is 10.2 Å². The molecule has 3 rings (SSSR count). The van der Waals surface area contributed by atoms with Crippen molar-refractivity contribution in [2.24, 2.45) is 10.8 Å². The molecule has 1 atom stereocenters. The minimum atomic E-state index is -0.619. The monoisotopic (exact) mass is 357 g/mol. The summed E-state index contributed by atoms with van der Waals surface area (Å²) in [4.78, 5) is 26.6. The van der Waals surface area contributed by atoms with Gasteiger partial charge in [-0.05, 0) is 51.0 Å². The zero-order valence-electron chi connectivity index (χ0n) is 15.1. The Balaban J connectivity index is 1.52. The van der Waals surface area contributed by atoms with Crippen LogP contribution in [0.4, 0.5) is 5.69 Å². The van der Waals surface area contributed by atoms with Crippen molar-refractivity contribution < 1.29 is 9.59 Å². The number of amides is 2. The van der Waals surface area contributed by atoms with Crippen molar-refractivity contribution in [2.75, 3.05) is 31.2 Å². The lowest BCUT2D eigenvalue weighted by Crippen LogP contribution is -2.40. The molecule has 2 aliphatic rings. The first-order valence-corrected chi connectivity index (χ1v) is 9.37. The van der Waals surface area contributed by atoms with Gasteiger partial charge in [-0.25, -0.2) is 0 Å². The minimum Gasteiger partial charge on any atom is -0.368 e. The second-order valence-corrected chi connectivity index (χ2v) is 6.86. The highest BCUT2D eigenvalue weighted by molar-refractivity contribution is 6.40. The SMILES string of the molecule is NC(=O)C1CC(C(=O)NCCCN2CCCCC2)=NN1c1ccccc1. The van der Waals surface area contributed by atoms with Gasteiger partial charge in [0.1, 0.15) is 11.8 Å². The molecule has 1 aromatic rings. The van der Waals surface area contributed by atoms with Gasteiger partial charge < -0.3 is 16.0 Å². The number of para-hydroxylation sites is 1. The highest BCUT2D eigenvalue weighted by Crippen LogP contribution is 2.24. The van der Waals surface area contributed by atoms with Gasteiger partial charge in [0.25, 0.3) is 5.91 Å². The molecule has 2 amide bonds. The highest BCUT2D eigenvalue weighted by Gasteiger charge is 2.34. The molecule has 0 bridgehead atoms. The number of rotatable bonds is 7. The summed E-state index contributed by atoms with van der Waals surface area (Å²) in [6.07, 6.45) is 5.02. The van der Waals surface area contributed by atoms with Crippen molar-refractivity contribution in [3.05, 3.63) is 30.3 Å². The van der Waals surface area contributed by atoms with Crippen LogP contribution in [-0.2, 0) is 9.59 Å². The second-order valence-electron chi connectivity index (χ2n) is 6.86. The maximum Gasteiger partial charge on any atom is 0.267 e. The Hall–Kier alpha value is -2.41. The Morgan fingerprint density at radius 3 is 2.58 bits per heavy atom. The predicted octanol–water partition coefficient (Wildman–Crippen LogP) is 1.10. The lowest BCUT2D eigenvalue weighted by atomic mass is 10.1. The van der Waals surface area contributed by atoms with Crippen LogP contribution in [0.5, 0.6) is 0 Å². The molecule has 1 fully saturated rings. The Kier molecular flexibility index (Phi) is 6.22. The molecule has 0 aliphatic carbocycles. The Morgan fingerprint density at radius 2 is 1.88 bits per heavy atom. The fourth-order valence-electron chi connectivity index (χ4n) is 3.48. The van der Waals surface area contributed by atoms with Crippen molar-refractivity contribution in [3.8, 4) is 0 Å². The molecule has 0 spiro atoms. The maximum atomic E-state index is 12.4. The zero-order valence-corrected chi connectivity index (χ0v) is 15.1. The van der Waals surface area contributed by atoms with Gasteiger partial charge in [0.15, 0.2) is 0 Å². The van der Waals surface area contributed by atoms with Crippen LogP contribution in [0.15, 0.2) is 35.4 Å². The number of carbonyl (C=O) groups excluding carboxylic acids is 2. The lowest BCUT2D eigenvalue weighted by Gasteiger charge is -2.26. The van der Waals surface area contributed by atoms with E-state index >= 15 is 0 Å². The third-order valence-corrected chi connectivity index (χ3v) is 4.91. The molecular weight excluding hydrogens is 330 g/mol. The van der Waals surface area contributed by atoms with E-state index in [4.69, 9.17) is 5.73 Å². The number of nitrogens with zero attached hydrogens (tertiary/aromatic N) is 3. The minimum absolute atomic E-state index is 0.215. The number of hydrogen-bond acceptors (Lipinski definition) is 5. The molecule has 1 unspecified atom stereocenters. The summed E-state index contributed by atoms with van der Waals surface area (Å²) in [7, 11) is 0. The molecule has 3 N–H and O–H groups in total. The van der Waals surface area contributed by atoms with Gasteiger partial charge in [-0.2, -0.15) is 5.10 Å². The number of primary amides is 1. The molecule has 0 radical (unpaired) electrons. The van der Waals surface area contributed by atoms with Crippen LogP contribution in [0.25, 0.3) is 0 Å². The Bertz CT molecular complexity index is 655.